The lowest BCUT2D eigenvalue weighted by Gasteiger charge is -2.21. The highest BCUT2D eigenvalue weighted by atomic mass is 16.5. The molecule has 0 amide bonds. The number of hydrogen-bond donors (Lipinski definition) is 1. The Morgan fingerprint density at radius 2 is 2.64 bits per heavy atom. The first-order valence-corrected chi connectivity index (χ1v) is 5.09. The predicted octanol–water partition coefficient (Wildman–Crippen LogP) is 1.23. The van der Waals surface area contributed by atoms with E-state index in [1.165, 1.54) is 12.8 Å². The number of aromatic nitrogens is 1. The zero-order valence-electron chi connectivity index (χ0n) is 8.45. The molecule has 1 aromatic heterocycles. The fourth-order valence-corrected chi connectivity index (χ4v) is 1.87. The number of ether oxygens (including phenoxy) is 1. The molecular formula is C10H16N2O2. The summed E-state index contributed by atoms with van der Waals surface area (Å²) in [5.41, 5.74) is 0. The molecule has 1 fully saturated rings. The van der Waals surface area contributed by atoms with Gasteiger partial charge in [-0.15, -0.1) is 0 Å². The van der Waals surface area contributed by atoms with E-state index in [1.54, 1.807) is 7.11 Å². The van der Waals surface area contributed by atoms with E-state index in [0.717, 1.165) is 25.3 Å². The zero-order valence-corrected chi connectivity index (χ0v) is 8.45. The molecule has 0 spiro atoms. The van der Waals surface area contributed by atoms with Gasteiger partial charge < -0.3 is 14.6 Å². The molecule has 0 saturated carbocycles. The van der Waals surface area contributed by atoms with Crippen molar-refractivity contribution in [3.05, 3.63) is 11.8 Å². The van der Waals surface area contributed by atoms with Crippen LogP contribution in [0.3, 0.4) is 0 Å². The van der Waals surface area contributed by atoms with Crippen LogP contribution in [0, 0.1) is 5.92 Å². The van der Waals surface area contributed by atoms with Crippen LogP contribution < -0.4 is 10.1 Å². The Bertz CT molecular complexity index is 279. The van der Waals surface area contributed by atoms with Crippen molar-refractivity contribution < 1.29 is 9.26 Å². The number of hydrogen-bond acceptors (Lipinski definition) is 4. The van der Waals surface area contributed by atoms with E-state index in [4.69, 9.17) is 9.26 Å². The minimum Gasteiger partial charge on any atom is -0.479 e. The molecule has 1 N–H and O–H groups in total. The van der Waals surface area contributed by atoms with Crippen LogP contribution in [0.5, 0.6) is 5.88 Å². The second-order valence-electron chi connectivity index (χ2n) is 3.75. The van der Waals surface area contributed by atoms with Crippen LogP contribution in [-0.4, -0.2) is 25.4 Å². The molecule has 2 rings (SSSR count). The summed E-state index contributed by atoms with van der Waals surface area (Å²) in [6, 6.07) is 1.87. The van der Waals surface area contributed by atoms with Crippen molar-refractivity contribution in [1.29, 1.82) is 0 Å². The summed E-state index contributed by atoms with van der Waals surface area (Å²) in [5, 5.41) is 7.17. The summed E-state index contributed by atoms with van der Waals surface area (Å²) in [7, 11) is 1.60. The molecule has 1 saturated heterocycles. The maximum atomic E-state index is 5.16. The third-order valence-corrected chi connectivity index (χ3v) is 2.64. The van der Waals surface area contributed by atoms with Crippen molar-refractivity contribution in [3.8, 4) is 5.88 Å². The van der Waals surface area contributed by atoms with Gasteiger partial charge in [-0.3, -0.25) is 0 Å². The molecular weight excluding hydrogens is 180 g/mol. The van der Waals surface area contributed by atoms with E-state index in [9.17, 15) is 0 Å². The fraction of sp³-hybridized carbons (Fsp3) is 0.700. The molecule has 0 aliphatic carbocycles. The maximum absolute atomic E-state index is 5.16. The van der Waals surface area contributed by atoms with Crippen molar-refractivity contribution in [1.82, 2.24) is 10.5 Å². The monoisotopic (exact) mass is 196 g/mol. The third kappa shape index (κ3) is 2.26. The smallest absolute Gasteiger partial charge is 0.254 e. The van der Waals surface area contributed by atoms with Crippen molar-refractivity contribution >= 4 is 0 Å². The summed E-state index contributed by atoms with van der Waals surface area (Å²) in [5.74, 6) is 2.18. The number of nitrogens with zero attached hydrogens (tertiary/aromatic N) is 1. The van der Waals surface area contributed by atoms with Gasteiger partial charge in [0, 0.05) is 12.5 Å². The fourth-order valence-electron chi connectivity index (χ4n) is 1.87. The van der Waals surface area contributed by atoms with Gasteiger partial charge in [-0.2, -0.15) is 0 Å². The lowest BCUT2D eigenvalue weighted by Crippen LogP contribution is -2.30. The number of rotatable bonds is 3. The molecule has 0 aromatic carbocycles. The van der Waals surface area contributed by atoms with Gasteiger partial charge in [0.05, 0.1) is 7.11 Å². The predicted molar refractivity (Wildman–Crippen MR) is 52.4 cm³/mol. The molecule has 1 atom stereocenters. The summed E-state index contributed by atoms with van der Waals surface area (Å²) in [6.07, 6.45) is 3.50. The summed E-state index contributed by atoms with van der Waals surface area (Å²) in [4.78, 5) is 0. The normalized spacial score (nSPS) is 22.2. The van der Waals surface area contributed by atoms with E-state index in [2.05, 4.69) is 10.5 Å². The first-order valence-electron chi connectivity index (χ1n) is 5.09. The van der Waals surface area contributed by atoms with Crippen LogP contribution in [0.4, 0.5) is 0 Å². The second-order valence-corrected chi connectivity index (χ2v) is 3.75. The summed E-state index contributed by atoms with van der Waals surface area (Å²) in [6.45, 7) is 2.24. The molecule has 1 aliphatic heterocycles. The van der Waals surface area contributed by atoms with E-state index >= 15 is 0 Å². The van der Waals surface area contributed by atoms with E-state index in [0.29, 0.717) is 11.8 Å². The minimum absolute atomic E-state index is 0.573. The SMILES string of the molecule is COc1cc(CC2CCCNC2)on1. The van der Waals surface area contributed by atoms with Crippen LogP contribution in [0.25, 0.3) is 0 Å². The maximum Gasteiger partial charge on any atom is 0.254 e. The Hall–Kier alpha value is -1.03. The van der Waals surface area contributed by atoms with Crippen molar-refractivity contribution in [3.63, 3.8) is 0 Å². The molecule has 1 aliphatic rings. The first kappa shape index (κ1) is 9.52. The molecule has 78 valence electrons. The molecule has 4 heteroatoms. The molecule has 0 bridgehead atoms. The second kappa shape index (κ2) is 4.46. The Balaban J connectivity index is 1.89. The first-order chi connectivity index (χ1) is 6.88. The van der Waals surface area contributed by atoms with Crippen molar-refractivity contribution in [2.45, 2.75) is 19.3 Å². The highest BCUT2D eigenvalue weighted by molar-refractivity contribution is 5.11. The van der Waals surface area contributed by atoms with E-state index < -0.39 is 0 Å². The van der Waals surface area contributed by atoms with Crippen LogP contribution in [-0.2, 0) is 6.42 Å². The molecule has 14 heavy (non-hydrogen) atoms. The molecule has 0 radical (unpaired) electrons. The molecule has 2 heterocycles. The number of nitrogens with one attached hydrogen (secondary N) is 1. The van der Waals surface area contributed by atoms with Gasteiger partial charge >= 0.3 is 0 Å². The Morgan fingerprint density at radius 3 is 3.29 bits per heavy atom. The summed E-state index contributed by atoms with van der Waals surface area (Å²) < 4.78 is 10.1. The lowest BCUT2D eigenvalue weighted by atomic mass is 9.95. The van der Waals surface area contributed by atoms with Crippen molar-refractivity contribution in [2.75, 3.05) is 20.2 Å². The Kier molecular flexibility index (Phi) is 3.03. The van der Waals surface area contributed by atoms with Gasteiger partial charge in [-0.1, -0.05) is 0 Å². The number of methoxy groups -OCH3 is 1. The summed E-state index contributed by atoms with van der Waals surface area (Å²) >= 11 is 0. The quantitative estimate of drug-likeness (QED) is 0.789. The zero-order chi connectivity index (χ0) is 9.80. The van der Waals surface area contributed by atoms with Crippen molar-refractivity contribution in [2.24, 2.45) is 5.92 Å². The standard InChI is InChI=1S/C10H16N2O2/c1-13-10-6-9(14-12-10)5-8-3-2-4-11-7-8/h6,8,11H,2-5,7H2,1H3. The average Bonchev–Trinajstić information content (AvgIpc) is 2.67. The van der Waals surface area contributed by atoms with Gasteiger partial charge in [-0.05, 0) is 37.0 Å². The topological polar surface area (TPSA) is 47.3 Å². The highest BCUT2D eigenvalue weighted by Gasteiger charge is 2.16. The van der Waals surface area contributed by atoms with Crippen LogP contribution in [0.15, 0.2) is 10.6 Å². The molecule has 1 aromatic rings. The minimum atomic E-state index is 0.573. The van der Waals surface area contributed by atoms with Gasteiger partial charge in [-0.25, -0.2) is 0 Å². The Labute approximate surface area is 83.6 Å². The lowest BCUT2D eigenvalue weighted by molar-refractivity contribution is 0.302. The van der Waals surface area contributed by atoms with Gasteiger partial charge in [0.25, 0.3) is 5.88 Å². The van der Waals surface area contributed by atoms with Gasteiger partial charge in [0.1, 0.15) is 5.76 Å². The van der Waals surface area contributed by atoms with Crippen LogP contribution >= 0.6 is 0 Å². The van der Waals surface area contributed by atoms with Crippen LogP contribution in [0.1, 0.15) is 18.6 Å². The Morgan fingerprint density at radius 1 is 1.71 bits per heavy atom. The van der Waals surface area contributed by atoms with Gasteiger partial charge in [0.2, 0.25) is 0 Å². The van der Waals surface area contributed by atoms with Crippen LogP contribution in [0.2, 0.25) is 0 Å². The molecule has 1 unspecified atom stereocenters. The third-order valence-electron chi connectivity index (χ3n) is 2.64. The largest absolute Gasteiger partial charge is 0.479 e. The molecule has 4 nitrogen and oxygen atoms in total. The average molecular weight is 196 g/mol. The highest BCUT2D eigenvalue weighted by Crippen LogP contribution is 2.19. The number of piperidine rings is 1. The van der Waals surface area contributed by atoms with E-state index in [-0.39, 0.29) is 0 Å². The van der Waals surface area contributed by atoms with Gasteiger partial charge in [0.15, 0.2) is 0 Å². The van der Waals surface area contributed by atoms with E-state index in [1.807, 2.05) is 6.07 Å².